The number of nitrogens with one attached hydrogen (secondary N) is 1. The summed E-state index contributed by atoms with van der Waals surface area (Å²) in [5.41, 5.74) is 1.83. The number of hydrogen-bond donors (Lipinski definition) is 1. The maximum Gasteiger partial charge on any atom is 0.430 e. The Hall–Kier alpha value is -4.05. The minimum absolute atomic E-state index is 0.0242. The van der Waals surface area contributed by atoms with Crippen molar-refractivity contribution in [2.45, 2.75) is 37.6 Å². The van der Waals surface area contributed by atoms with Crippen molar-refractivity contribution in [3.05, 3.63) is 96.6 Å². The van der Waals surface area contributed by atoms with Crippen LogP contribution >= 0.6 is 0 Å². The number of anilines is 1. The van der Waals surface area contributed by atoms with E-state index in [2.05, 4.69) is 5.32 Å². The molecule has 3 aromatic rings. The van der Waals surface area contributed by atoms with Crippen LogP contribution < -0.4 is 15.2 Å². The van der Waals surface area contributed by atoms with Gasteiger partial charge in [-0.05, 0) is 29.8 Å². The summed E-state index contributed by atoms with van der Waals surface area (Å²) in [6.07, 6.45) is -1.97. The first-order valence-corrected chi connectivity index (χ1v) is 14.0. The summed E-state index contributed by atoms with van der Waals surface area (Å²) in [4.78, 5) is 22.3. The number of aliphatic carboxylic acids is 1. The van der Waals surface area contributed by atoms with Gasteiger partial charge in [-0.1, -0.05) is 66.7 Å². The molecule has 6 rings (SSSR count). The Labute approximate surface area is 243 Å². The van der Waals surface area contributed by atoms with Gasteiger partial charge < -0.3 is 29.2 Å². The Morgan fingerprint density at radius 3 is 2.02 bits per heavy atom. The molecule has 0 saturated carbocycles. The van der Waals surface area contributed by atoms with Crippen molar-refractivity contribution >= 4 is 17.6 Å². The minimum atomic E-state index is -5.19. The predicted octanol–water partition coefficient (Wildman–Crippen LogP) is 4.76. The Bertz CT molecular complexity index is 1270. The highest BCUT2D eigenvalue weighted by molar-refractivity contribution is 5.81. The van der Waals surface area contributed by atoms with E-state index in [0.29, 0.717) is 5.92 Å². The molecule has 42 heavy (non-hydrogen) atoms. The molecule has 10 heteroatoms. The second-order valence-corrected chi connectivity index (χ2v) is 10.7. The van der Waals surface area contributed by atoms with Crippen molar-refractivity contribution in [1.29, 1.82) is 0 Å². The molecule has 0 aliphatic carbocycles. The number of carboxylic acids is 1. The van der Waals surface area contributed by atoms with Crippen molar-refractivity contribution in [2.75, 3.05) is 38.1 Å². The van der Waals surface area contributed by atoms with Crippen LogP contribution in [0.1, 0.15) is 30.9 Å². The third-order valence-corrected chi connectivity index (χ3v) is 7.78. The van der Waals surface area contributed by atoms with E-state index in [1.165, 1.54) is 13.1 Å². The van der Waals surface area contributed by atoms with Crippen LogP contribution in [-0.4, -0.2) is 61.5 Å². The van der Waals surface area contributed by atoms with Crippen molar-refractivity contribution in [1.82, 2.24) is 0 Å². The van der Waals surface area contributed by atoms with E-state index in [0.717, 1.165) is 60.4 Å². The minimum Gasteiger partial charge on any atom is -0.542 e. The van der Waals surface area contributed by atoms with E-state index in [4.69, 9.17) is 19.4 Å². The number of ether oxygens (including phenoxy) is 2. The van der Waals surface area contributed by atoms with Crippen molar-refractivity contribution in [3.8, 4) is 5.75 Å². The van der Waals surface area contributed by atoms with Gasteiger partial charge in [-0.25, -0.2) is 4.79 Å². The lowest BCUT2D eigenvalue weighted by Crippen LogP contribution is -2.64. The number of halogens is 3. The lowest BCUT2D eigenvalue weighted by atomic mass is 9.83. The molecule has 3 aliphatic rings. The number of carbonyl (C=O) groups is 2. The van der Waals surface area contributed by atoms with Crippen LogP contribution in [-0.2, 0) is 14.3 Å². The second-order valence-electron chi connectivity index (χ2n) is 10.7. The van der Waals surface area contributed by atoms with Gasteiger partial charge >= 0.3 is 12.1 Å². The fraction of sp³-hybridized carbons (Fsp3) is 0.375. The van der Waals surface area contributed by atoms with Crippen molar-refractivity contribution in [3.63, 3.8) is 0 Å². The number of benzene rings is 3. The topological polar surface area (TPSA) is 87.7 Å². The van der Waals surface area contributed by atoms with Gasteiger partial charge in [0.25, 0.3) is 0 Å². The Morgan fingerprint density at radius 1 is 0.905 bits per heavy atom. The Balaban J connectivity index is 0.000000517. The number of hydrogen-bond acceptors (Lipinski definition) is 6. The largest absolute Gasteiger partial charge is 0.542 e. The molecule has 3 aliphatic heterocycles. The van der Waals surface area contributed by atoms with Gasteiger partial charge in [0.15, 0.2) is 12.1 Å². The number of carbonyl (C=O) groups excluding carboxylic acids is 2. The number of alkyl halides is 3. The number of rotatable bonds is 10. The number of nitrogens with zero attached hydrogens (tertiary/aromatic N) is 1. The molecule has 0 spiro atoms. The standard InChI is InChI=1S/C30H35N2O3.C2HF3O2/c33-30(29(25-11-4-1-5-12-25)31-26-13-6-2-7-14-26)35-28-23-32(20-17-24(28)18-21-32)19-10-22-34-27-15-8-3-9-16-27;3-2(4,5)1(6)7/h1-9,11-16,24,28-29,31H,10,17-23H2;(H,6,7)/q+1;/p-1/t24?,28-,29-,32?;/m0./s1. The summed E-state index contributed by atoms with van der Waals surface area (Å²) in [7, 11) is 0. The van der Waals surface area contributed by atoms with Gasteiger partial charge in [0.2, 0.25) is 0 Å². The van der Waals surface area contributed by atoms with Gasteiger partial charge in [-0.3, -0.25) is 0 Å². The molecule has 3 heterocycles. The highest BCUT2D eigenvalue weighted by Crippen LogP contribution is 2.36. The number of piperidine rings is 3. The van der Waals surface area contributed by atoms with Crippen LogP contribution in [0.3, 0.4) is 0 Å². The lowest BCUT2D eigenvalue weighted by Gasteiger charge is -2.52. The maximum atomic E-state index is 13.5. The zero-order chi connectivity index (χ0) is 30.0. The van der Waals surface area contributed by atoms with Crippen LogP contribution in [0.15, 0.2) is 91.0 Å². The quantitative estimate of drug-likeness (QED) is 0.210. The van der Waals surface area contributed by atoms with Crippen LogP contribution in [0.2, 0.25) is 0 Å². The van der Waals surface area contributed by atoms with Gasteiger partial charge in [0.05, 0.1) is 26.2 Å². The van der Waals surface area contributed by atoms with E-state index < -0.39 is 18.2 Å². The number of esters is 1. The lowest BCUT2D eigenvalue weighted by molar-refractivity contribution is -0.946. The van der Waals surface area contributed by atoms with Crippen LogP contribution in [0.4, 0.5) is 18.9 Å². The summed E-state index contributed by atoms with van der Waals surface area (Å²) < 4.78 is 44.8. The highest BCUT2D eigenvalue weighted by atomic mass is 19.4. The molecule has 2 bridgehead atoms. The molecular formula is C32H35F3N2O5. The Kier molecular flexibility index (Phi) is 10.5. The molecule has 1 N–H and O–H groups in total. The monoisotopic (exact) mass is 584 g/mol. The van der Waals surface area contributed by atoms with E-state index in [9.17, 15) is 18.0 Å². The van der Waals surface area contributed by atoms with Gasteiger partial charge in [0.1, 0.15) is 18.3 Å². The second kappa shape index (κ2) is 14.2. The first-order chi connectivity index (χ1) is 20.2. The number of para-hydroxylation sites is 2. The van der Waals surface area contributed by atoms with Crippen LogP contribution in [0.5, 0.6) is 5.75 Å². The fourth-order valence-electron chi connectivity index (χ4n) is 5.62. The highest BCUT2D eigenvalue weighted by Gasteiger charge is 2.47. The van der Waals surface area contributed by atoms with Gasteiger partial charge in [-0.2, -0.15) is 13.2 Å². The maximum absolute atomic E-state index is 13.5. The smallest absolute Gasteiger partial charge is 0.430 e. The molecule has 0 aromatic heterocycles. The molecule has 0 amide bonds. The van der Waals surface area contributed by atoms with Crippen LogP contribution in [0.25, 0.3) is 0 Å². The first kappa shape index (κ1) is 30.9. The third-order valence-electron chi connectivity index (χ3n) is 7.78. The van der Waals surface area contributed by atoms with E-state index in [1.807, 2.05) is 91.0 Å². The molecule has 0 radical (unpaired) electrons. The molecule has 3 aromatic carbocycles. The molecule has 224 valence electrons. The molecule has 2 atom stereocenters. The zero-order valence-electron chi connectivity index (χ0n) is 23.2. The molecule has 7 nitrogen and oxygen atoms in total. The third kappa shape index (κ3) is 8.72. The van der Waals surface area contributed by atoms with E-state index in [-0.39, 0.29) is 12.1 Å². The number of quaternary nitrogens is 1. The van der Waals surface area contributed by atoms with E-state index >= 15 is 0 Å². The van der Waals surface area contributed by atoms with E-state index in [1.54, 1.807) is 0 Å². The fourth-order valence-corrected chi connectivity index (χ4v) is 5.62. The summed E-state index contributed by atoms with van der Waals surface area (Å²) in [6.45, 7) is 5.05. The molecular weight excluding hydrogens is 549 g/mol. The number of carboxylic acid groups (broad SMARTS) is 1. The molecule has 0 unspecified atom stereocenters. The predicted molar refractivity (Wildman–Crippen MR) is 149 cm³/mol. The van der Waals surface area contributed by atoms with Gasteiger partial charge in [-0.15, -0.1) is 0 Å². The summed E-state index contributed by atoms with van der Waals surface area (Å²) >= 11 is 0. The first-order valence-electron chi connectivity index (χ1n) is 14.0. The summed E-state index contributed by atoms with van der Waals surface area (Å²) in [5, 5.41) is 12.2. The Morgan fingerprint density at radius 2 is 1.45 bits per heavy atom. The summed E-state index contributed by atoms with van der Waals surface area (Å²) in [6, 6.07) is 29.2. The normalized spacial score (nSPS) is 21.8. The van der Waals surface area contributed by atoms with Crippen molar-refractivity contribution in [2.24, 2.45) is 5.92 Å². The molecule has 3 saturated heterocycles. The zero-order valence-corrected chi connectivity index (χ0v) is 23.2. The van der Waals surface area contributed by atoms with Crippen LogP contribution in [0, 0.1) is 5.92 Å². The molecule has 3 fully saturated rings. The average molecular weight is 585 g/mol. The van der Waals surface area contributed by atoms with Crippen molar-refractivity contribution < 1.29 is 41.8 Å². The SMILES string of the molecule is O=C(O[C@H]1C[N+]2(CCCOc3ccccc3)CCC1CC2)[C@@H](Nc1ccccc1)c1ccccc1.O=C([O-])C(F)(F)F. The number of fused-ring (bicyclic) bond motifs is 3. The van der Waals surface area contributed by atoms with Gasteiger partial charge in [0, 0.05) is 30.9 Å². The average Bonchev–Trinajstić information content (AvgIpc) is 3.00. The summed E-state index contributed by atoms with van der Waals surface area (Å²) in [5.74, 6) is -1.81.